The van der Waals surface area contributed by atoms with E-state index in [2.05, 4.69) is 4.74 Å². The van der Waals surface area contributed by atoms with Crippen molar-refractivity contribution in [2.75, 3.05) is 0 Å². The second-order valence-corrected chi connectivity index (χ2v) is 3.29. The van der Waals surface area contributed by atoms with Crippen molar-refractivity contribution in [2.45, 2.75) is 18.2 Å². The van der Waals surface area contributed by atoms with Crippen molar-refractivity contribution in [3.8, 4) is 5.75 Å². The van der Waals surface area contributed by atoms with E-state index in [1.807, 2.05) is 0 Å². The summed E-state index contributed by atoms with van der Waals surface area (Å²) in [4.78, 5) is 10.3. The highest BCUT2D eigenvalue weighted by molar-refractivity contribution is 5.79. The molecule has 0 amide bonds. The monoisotopic (exact) mass is 289 g/mol. The summed E-state index contributed by atoms with van der Waals surface area (Å²) in [6.45, 7) is 0. The molecule has 1 aromatic rings. The number of rotatable bonds is 4. The van der Waals surface area contributed by atoms with Crippen LogP contribution in [-0.4, -0.2) is 24.5 Å². The van der Waals surface area contributed by atoms with Crippen LogP contribution in [0.25, 0.3) is 0 Å². The van der Waals surface area contributed by atoms with Crippen LogP contribution in [0, 0.1) is 0 Å². The Morgan fingerprint density at radius 2 is 1.47 bits per heavy atom. The minimum Gasteiger partial charge on any atom is -0.427 e. The zero-order valence-electron chi connectivity index (χ0n) is 8.77. The molecule has 0 heterocycles. The molecular formula is C10H4F7O2. The molecule has 105 valence electrons. The molecule has 0 unspecified atom stereocenters. The minimum absolute atomic E-state index is 0.639. The molecular weight excluding hydrogens is 285 g/mol. The largest absolute Gasteiger partial charge is 0.474 e. The smallest absolute Gasteiger partial charge is 0.427 e. The molecule has 0 fully saturated rings. The first-order valence-corrected chi connectivity index (χ1v) is 4.51. The predicted octanol–water partition coefficient (Wildman–Crippen LogP) is 3.31. The lowest BCUT2D eigenvalue weighted by Gasteiger charge is -2.28. The van der Waals surface area contributed by atoms with Gasteiger partial charge in [-0.05, 0) is 12.1 Å². The number of ether oxygens (including phenoxy) is 1. The summed E-state index contributed by atoms with van der Waals surface area (Å²) in [6, 6.07) is 3.68. The zero-order valence-corrected chi connectivity index (χ0v) is 8.77. The number of halogens is 7. The van der Waals surface area contributed by atoms with E-state index in [4.69, 9.17) is 0 Å². The second kappa shape index (κ2) is 4.71. The number of para-hydroxylation sites is 1. The van der Waals surface area contributed by atoms with Gasteiger partial charge in [-0.3, -0.25) is 4.79 Å². The maximum absolute atomic E-state index is 12.9. The number of carbonyl (C=O) groups excluding carboxylic acids is 1. The standard InChI is InChI=1S/C10H4F7O2/c11-8(12,9(13,14)15)10(16,17)19-7-4-2-1-3-6(7)5-18/h1-4H. The SMILES string of the molecule is O=[C]c1ccccc1OC(F)(F)C(F)(F)C(F)(F)F. The van der Waals surface area contributed by atoms with Gasteiger partial charge in [-0.15, -0.1) is 0 Å². The Morgan fingerprint density at radius 1 is 0.947 bits per heavy atom. The molecule has 0 aliphatic carbocycles. The molecule has 0 N–H and O–H groups in total. The van der Waals surface area contributed by atoms with Crippen molar-refractivity contribution in [3.05, 3.63) is 29.8 Å². The fourth-order valence-corrected chi connectivity index (χ4v) is 1.01. The lowest BCUT2D eigenvalue weighted by molar-refractivity contribution is -0.402. The van der Waals surface area contributed by atoms with Gasteiger partial charge >= 0.3 is 18.2 Å². The van der Waals surface area contributed by atoms with Crippen LogP contribution in [0.3, 0.4) is 0 Å². The zero-order chi connectivity index (χ0) is 14.9. The Morgan fingerprint density at radius 3 is 1.95 bits per heavy atom. The summed E-state index contributed by atoms with van der Waals surface area (Å²) < 4.78 is 89.6. The summed E-state index contributed by atoms with van der Waals surface area (Å²) in [5.74, 6) is -7.54. The quantitative estimate of drug-likeness (QED) is 0.795. The molecule has 9 heteroatoms. The Hall–Kier alpha value is -1.80. The van der Waals surface area contributed by atoms with E-state index < -0.39 is 29.5 Å². The maximum atomic E-state index is 12.9. The molecule has 0 aliphatic heterocycles. The Kier molecular flexibility index (Phi) is 3.78. The van der Waals surface area contributed by atoms with E-state index in [1.165, 1.54) is 0 Å². The highest BCUT2D eigenvalue weighted by Crippen LogP contribution is 2.47. The number of alkyl halides is 7. The summed E-state index contributed by atoms with van der Waals surface area (Å²) >= 11 is 0. The van der Waals surface area contributed by atoms with Crippen LogP contribution >= 0.6 is 0 Å². The van der Waals surface area contributed by atoms with Gasteiger partial charge in [0.2, 0.25) is 6.29 Å². The third-order valence-electron chi connectivity index (χ3n) is 1.96. The van der Waals surface area contributed by atoms with Gasteiger partial charge in [0.1, 0.15) is 5.75 Å². The molecule has 0 atom stereocenters. The van der Waals surface area contributed by atoms with Gasteiger partial charge in [0.05, 0.1) is 5.56 Å². The molecule has 0 saturated heterocycles. The van der Waals surface area contributed by atoms with Crippen molar-refractivity contribution < 1.29 is 40.3 Å². The van der Waals surface area contributed by atoms with E-state index in [0.29, 0.717) is 6.07 Å². The highest BCUT2D eigenvalue weighted by atomic mass is 19.4. The van der Waals surface area contributed by atoms with E-state index >= 15 is 0 Å². The van der Waals surface area contributed by atoms with Crippen molar-refractivity contribution >= 4 is 6.29 Å². The Balaban J connectivity index is 3.13. The third-order valence-corrected chi connectivity index (χ3v) is 1.96. The van der Waals surface area contributed by atoms with Crippen molar-refractivity contribution in [1.29, 1.82) is 0 Å². The van der Waals surface area contributed by atoms with Crippen molar-refractivity contribution in [2.24, 2.45) is 0 Å². The molecule has 0 spiro atoms. The normalized spacial score (nSPS) is 13.2. The molecule has 1 rings (SSSR count). The fraction of sp³-hybridized carbons (Fsp3) is 0.300. The lowest BCUT2D eigenvalue weighted by atomic mass is 10.2. The van der Waals surface area contributed by atoms with Crippen molar-refractivity contribution in [3.63, 3.8) is 0 Å². The van der Waals surface area contributed by atoms with Crippen LogP contribution in [0.4, 0.5) is 30.7 Å². The number of hydrogen-bond acceptors (Lipinski definition) is 2. The molecule has 19 heavy (non-hydrogen) atoms. The van der Waals surface area contributed by atoms with Crippen LogP contribution in [0.5, 0.6) is 5.75 Å². The van der Waals surface area contributed by atoms with Crippen LogP contribution in [0.1, 0.15) is 5.56 Å². The topological polar surface area (TPSA) is 26.3 Å². The summed E-state index contributed by atoms with van der Waals surface area (Å²) in [5.41, 5.74) is -0.708. The highest BCUT2D eigenvalue weighted by Gasteiger charge is 2.75. The second-order valence-electron chi connectivity index (χ2n) is 3.29. The van der Waals surface area contributed by atoms with Crippen LogP contribution in [-0.2, 0) is 4.79 Å². The van der Waals surface area contributed by atoms with Crippen LogP contribution in [0.15, 0.2) is 24.3 Å². The van der Waals surface area contributed by atoms with Gasteiger partial charge in [0.25, 0.3) is 0 Å². The van der Waals surface area contributed by atoms with Gasteiger partial charge in [0, 0.05) is 0 Å². The Bertz CT molecular complexity index is 467. The van der Waals surface area contributed by atoms with Gasteiger partial charge in [-0.2, -0.15) is 30.7 Å². The summed E-state index contributed by atoms with van der Waals surface area (Å²) in [7, 11) is 0. The first-order valence-electron chi connectivity index (χ1n) is 4.51. The number of benzene rings is 1. The average Bonchev–Trinajstić information content (AvgIpc) is 2.27. The molecule has 0 aromatic heterocycles. The first-order chi connectivity index (χ1) is 8.53. The third kappa shape index (κ3) is 2.79. The average molecular weight is 289 g/mol. The van der Waals surface area contributed by atoms with Gasteiger partial charge in [-0.25, -0.2) is 0 Å². The molecule has 0 aliphatic rings. The van der Waals surface area contributed by atoms with E-state index in [9.17, 15) is 35.5 Å². The maximum Gasteiger partial charge on any atom is 0.474 e. The molecule has 1 aromatic carbocycles. The van der Waals surface area contributed by atoms with Gasteiger partial charge < -0.3 is 4.74 Å². The Labute approximate surface area is 101 Å². The van der Waals surface area contributed by atoms with Gasteiger partial charge in [-0.1, -0.05) is 12.1 Å². The number of hydrogen-bond donors (Lipinski definition) is 0. The predicted molar refractivity (Wildman–Crippen MR) is 47.8 cm³/mol. The summed E-state index contributed by atoms with van der Waals surface area (Å²) in [6.07, 6.45) is -11.3. The van der Waals surface area contributed by atoms with E-state index in [1.54, 1.807) is 0 Å². The summed E-state index contributed by atoms with van der Waals surface area (Å²) in [5, 5.41) is 0. The first kappa shape index (κ1) is 15.3. The van der Waals surface area contributed by atoms with Crippen LogP contribution in [0.2, 0.25) is 0 Å². The van der Waals surface area contributed by atoms with Crippen LogP contribution < -0.4 is 4.74 Å². The molecule has 0 bridgehead atoms. The van der Waals surface area contributed by atoms with E-state index in [0.717, 1.165) is 24.5 Å². The fourth-order valence-electron chi connectivity index (χ4n) is 1.01. The molecule has 2 nitrogen and oxygen atoms in total. The molecule has 0 saturated carbocycles. The van der Waals surface area contributed by atoms with E-state index in [-0.39, 0.29) is 0 Å². The minimum atomic E-state index is -6.50. The van der Waals surface area contributed by atoms with Gasteiger partial charge in [0.15, 0.2) is 0 Å². The molecule has 1 radical (unpaired) electrons. The van der Waals surface area contributed by atoms with Crippen molar-refractivity contribution in [1.82, 2.24) is 0 Å². The lowest BCUT2D eigenvalue weighted by Crippen LogP contribution is -2.55.